The number of benzene rings is 1. The first kappa shape index (κ1) is 8.24. The molecule has 0 atom stereocenters. The molecule has 0 aromatic heterocycles. The molecule has 0 unspecified atom stereocenters. The largest absolute Gasteiger partial charge is 0.393 e. The Kier molecular flexibility index (Phi) is 3.08. The molecular formula is C9H11O2. The van der Waals surface area contributed by atoms with Crippen LogP contribution in [0.1, 0.15) is 5.56 Å². The van der Waals surface area contributed by atoms with Crippen LogP contribution in [0.2, 0.25) is 0 Å². The molecule has 1 aromatic carbocycles. The maximum absolute atomic E-state index is 8.98. The van der Waals surface area contributed by atoms with E-state index in [0.717, 1.165) is 5.56 Å². The number of rotatable bonds is 3. The van der Waals surface area contributed by atoms with Crippen molar-refractivity contribution in [3.8, 4) is 0 Å². The minimum absolute atomic E-state index is 0.108. The SMILES string of the molecule is OC[C](O)Cc1ccccc1. The van der Waals surface area contributed by atoms with Gasteiger partial charge in [0.25, 0.3) is 0 Å². The van der Waals surface area contributed by atoms with Crippen LogP contribution in [0, 0.1) is 6.10 Å². The molecule has 0 heterocycles. The summed E-state index contributed by atoms with van der Waals surface area (Å²) in [5, 5.41) is 17.5. The molecule has 2 heteroatoms. The Bertz CT molecular complexity index is 196. The van der Waals surface area contributed by atoms with Crippen LogP contribution in [-0.2, 0) is 6.42 Å². The third-order valence-electron chi connectivity index (χ3n) is 1.43. The Morgan fingerprint density at radius 3 is 2.36 bits per heavy atom. The summed E-state index contributed by atoms with van der Waals surface area (Å²) in [6.07, 6.45) is 0.549. The van der Waals surface area contributed by atoms with Crippen LogP contribution in [0.5, 0.6) is 0 Å². The van der Waals surface area contributed by atoms with Gasteiger partial charge in [0.05, 0.1) is 6.61 Å². The highest BCUT2D eigenvalue weighted by atomic mass is 16.3. The van der Waals surface area contributed by atoms with Crippen LogP contribution in [0.15, 0.2) is 30.3 Å². The fourth-order valence-electron chi connectivity index (χ4n) is 0.887. The minimum atomic E-state index is -0.255. The highest BCUT2D eigenvalue weighted by Crippen LogP contribution is 2.06. The molecule has 0 aliphatic rings. The summed E-state index contributed by atoms with van der Waals surface area (Å²) in [5.41, 5.74) is 1.01. The van der Waals surface area contributed by atoms with Crippen LogP contribution in [0.3, 0.4) is 0 Å². The molecule has 1 radical (unpaired) electrons. The Labute approximate surface area is 66.1 Å². The van der Waals surface area contributed by atoms with Crippen molar-refractivity contribution in [2.24, 2.45) is 0 Å². The second-order valence-electron chi connectivity index (χ2n) is 2.39. The van der Waals surface area contributed by atoms with Gasteiger partial charge in [-0.15, -0.1) is 0 Å². The van der Waals surface area contributed by atoms with Crippen molar-refractivity contribution in [1.29, 1.82) is 0 Å². The molecule has 0 spiro atoms. The third-order valence-corrected chi connectivity index (χ3v) is 1.43. The highest BCUT2D eigenvalue weighted by molar-refractivity contribution is 5.17. The van der Waals surface area contributed by atoms with Gasteiger partial charge in [0.2, 0.25) is 0 Å². The molecule has 11 heavy (non-hydrogen) atoms. The van der Waals surface area contributed by atoms with Crippen molar-refractivity contribution in [2.75, 3.05) is 6.61 Å². The molecule has 0 amide bonds. The summed E-state index contributed by atoms with van der Waals surface area (Å²) in [7, 11) is 0. The minimum Gasteiger partial charge on any atom is -0.393 e. The van der Waals surface area contributed by atoms with Gasteiger partial charge in [-0.3, -0.25) is 0 Å². The summed E-state index contributed by atoms with van der Waals surface area (Å²) >= 11 is 0. The molecule has 2 nitrogen and oxygen atoms in total. The van der Waals surface area contributed by atoms with E-state index in [0.29, 0.717) is 6.42 Å². The maximum Gasteiger partial charge on any atom is 0.123 e. The first-order valence-electron chi connectivity index (χ1n) is 3.51. The first-order chi connectivity index (χ1) is 5.33. The molecule has 0 bridgehead atoms. The van der Waals surface area contributed by atoms with E-state index in [1.54, 1.807) is 0 Å². The van der Waals surface area contributed by atoms with Crippen molar-refractivity contribution >= 4 is 0 Å². The van der Waals surface area contributed by atoms with Crippen LogP contribution >= 0.6 is 0 Å². The zero-order chi connectivity index (χ0) is 8.10. The van der Waals surface area contributed by atoms with Gasteiger partial charge in [-0.05, 0) is 5.56 Å². The smallest absolute Gasteiger partial charge is 0.123 e. The van der Waals surface area contributed by atoms with E-state index >= 15 is 0 Å². The van der Waals surface area contributed by atoms with E-state index in [4.69, 9.17) is 10.2 Å². The second kappa shape index (κ2) is 4.11. The van der Waals surface area contributed by atoms with E-state index in [-0.39, 0.29) is 12.7 Å². The summed E-state index contributed by atoms with van der Waals surface area (Å²) in [6.45, 7) is -0.255. The molecule has 2 N–H and O–H groups in total. The van der Waals surface area contributed by atoms with E-state index in [1.165, 1.54) is 0 Å². The lowest BCUT2D eigenvalue weighted by atomic mass is 10.1. The topological polar surface area (TPSA) is 40.5 Å². The molecule has 0 saturated carbocycles. The van der Waals surface area contributed by atoms with Gasteiger partial charge in [0.15, 0.2) is 0 Å². The summed E-state index contributed by atoms with van der Waals surface area (Å²) in [6, 6.07) is 9.54. The Morgan fingerprint density at radius 2 is 1.82 bits per heavy atom. The van der Waals surface area contributed by atoms with Crippen LogP contribution < -0.4 is 0 Å². The van der Waals surface area contributed by atoms with Gasteiger partial charge in [-0.1, -0.05) is 30.3 Å². The lowest BCUT2D eigenvalue weighted by Gasteiger charge is -2.04. The fourth-order valence-corrected chi connectivity index (χ4v) is 0.887. The number of hydrogen-bond donors (Lipinski definition) is 2. The van der Waals surface area contributed by atoms with Gasteiger partial charge in [0.1, 0.15) is 6.10 Å². The van der Waals surface area contributed by atoms with E-state index in [2.05, 4.69) is 0 Å². The lowest BCUT2D eigenvalue weighted by molar-refractivity contribution is 0.183. The quantitative estimate of drug-likeness (QED) is 0.679. The van der Waals surface area contributed by atoms with E-state index < -0.39 is 0 Å². The number of aliphatic hydroxyl groups is 2. The van der Waals surface area contributed by atoms with Crippen molar-refractivity contribution in [3.63, 3.8) is 0 Å². The molecule has 1 aromatic rings. The average molecular weight is 151 g/mol. The molecule has 0 aliphatic carbocycles. The van der Waals surface area contributed by atoms with Crippen LogP contribution in [0.25, 0.3) is 0 Å². The number of aliphatic hydroxyl groups excluding tert-OH is 2. The first-order valence-corrected chi connectivity index (χ1v) is 3.51. The van der Waals surface area contributed by atoms with Crippen LogP contribution in [-0.4, -0.2) is 16.8 Å². The van der Waals surface area contributed by atoms with Crippen molar-refractivity contribution in [1.82, 2.24) is 0 Å². The molecule has 59 valence electrons. The average Bonchev–Trinajstić information content (AvgIpc) is 2.06. The molecule has 0 fully saturated rings. The predicted molar refractivity (Wildman–Crippen MR) is 42.4 cm³/mol. The van der Waals surface area contributed by atoms with Crippen molar-refractivity contribution in [3.05, 3.63) is 42.0 Å². The highest BCUT2D eigenvalue weighted by Gasteiger charge is 2.03. The Balaban J connectivity index is 2.51. The Morgan fingerprint density at radius 1 is 1.18 bits per heavy atom. The molecule has 1 rings (SSSR count). The summed E-state index contributed by atoms with van der Waals surface area (Å²) < 4.78 is 0. The monoisotopic (exact) mass is 151 g/mol. The zero-order valence-corrected chi connectivity index (χ0v) is 6.20. The van der Waals surface area contributed by atoms with Crippen molar-refractivity contribution in [2.45, 2.75) is 6.42 Å². The molecule has 0 aliphatic heterocycles. The summed E-state index contributed by atoms with van der Waals surface area (Å²) in [4.78, 5) is 0. The van der Waals surface area contributed by atoms with Gasteiger partial charge >= 0.3 is 0 Å². The van der Waals surface area contributed by atoms with Crippen molar-refractivity contribution < 1.29 is 10.2 Å². The van der Waals surface area contributed by atoms with Gasteiger partial charge in [-0.2, -0.15) is 0 Å². The molecule has 0 saturated heterocycles. The van der Waals surface area contributed by atoms with Gasteiger partial charge in [0, 0.05) is 6.42 Å². The van der Waals surface area contributed by atoms with E-state index in [1.807, 2.05) is 30.3 Å². The van der Waals surface area contributed by atoms with Gasteiger partial charge < -0.3 is 10.2 Å². The summed E-state index contributed by atoms with van der Waals surface area (Å²) in [5.74, 6) is 0. The predicted octanol–water partition coefficient (Wildman–Crippen LogP) is 1.13. The Hall–Kier alpha value is -0.860. The van der Waals surface area contributed by atoms with E-state index in [9.17, 15) is 0 Å². The fraction of sp³-hybridized carbons (Fsp3) is 0.222. The number of hydrogen-bond acceptors (Lipinski definition) is 2. The molecular weight excluding hydrogens is 140 g/mol. The standard InChI is InChI=1S/C9H11O2/c10-7-9(11)6-8-4-2-1-3-5-8/h1-5,10-11H,6-7H2. The normalized spacial score (nSPS) is 10.5. The zero-order valence-electron chi connectivity index (χ0n) is 6.20. The van der Waals surface area contributed by atoms with Crippen LogP contribution in [0.4, 0.5) is 0 Å². The maximum atomic E-state index is 8.98. The lowest BCUT2D eigenvalue weighted by Crippen LogP contribution is -2.04. The van der Waals surface area contributed by atoms with Gasteiger partial charge in [-0.25, -0.2) is 0 Å². The second-order valence-corrected chi connectivity index (χ2v) is 2.39. The third kappa shape index (κ3) is 2.70.